The number of likely N-dealkylation sites (N-methyl/N-ethyl adjacent to an activating group) is 1. The van der Waals surface area contributed by atoms with Gasteiger partial charge in [-0.25, -0.2) is 4.99 Å². The van der Waals surface area contributed by atoms with E-state index >= 15 is 0 Å². The summed E-state index contributed by atoms with van der Waals surface area (Å²) in [5, 5.41) is 38.3. The fourth-order valence-corrected chi connectivity index (χ4v) is 3.99. The van der Waals surface area contributed by atoms with E-state index in [9.17, 15) is 15.3 Å². The standard InChI is InChI=1S/C16H27N5O4/c1-4-10-19-14(17)16(5-2)15(20(10)6-3)21(8-18-16)13-12(24)11(23)9(7-22)25-13/h8-9,11-13,15,17,22-24H,4-7H2,1-3H3/t9-,11-,12-,13-,15?,16?/m1/s1. The Morgan fingerprint density at radius 3 is 2.52 bits per heavy atom. The molecule has 9 heteroatoms. The van der Waals surface area contributed by atoms with E-state index in [4.69, 9.17) is 10.1 Å². The lowest BCUT2D eigenvalue weighted by Crippen LogP contribution is -2.66. The molecule has 3 heterocycles. The van der Waals surface area contributed by atoms with Crippen molar-refractivity contribution in [2.45, 2.75) is 69.9 Å². The van der Waals surface area contributed by atoms with Crippen LogP contribution in [0.3, 0.4) is 0 Å². The van der Waals surface area contributed by atoms with Gasteiger partial charge in [0, 0.05) is 13.0 Å². The maximum atomic E-state index is 10.4. The maximum Gasteiger partial charge on any atom is 0.162 e. The topological polar surface area (TPSA) is 125 Å². The fourth-order valence-electron chi connectivity index (χ4n) is 3.99. The van der Waals surface area contributed by atoms with Crippen LogP contribution in [0.2, 0.25) is 0 Å². The van der Waals surface area contributed by atoms with E-state index in [1.54, 1.807) is 11.2 Å². The Morgan fingerprint density at radius 1 is 1.28 bits per heavy atom. The van der Waals surface area contributed by atoms with Crippen LogP contribution in [0.15, 0.2) is 9.98 Å². The summed E-state index contributed by atoms with van der Waals surface area (Å²) in [7, 11) is 0. The highest BCUT2D eigenvalue weighted by molar-refractivity contribution is 6.05. The van der Waals surface area contributed by atoms with Crippen molar-refractivity contribution in [3.05, 3.63) is 0 Å². The molecule has 0 spiro atoms. The molecule has 3 aliphatic rings. The predicted octanol–water partition coefficient (Wildman–Crippen LogP) is -0.635. The molecule has 4 N–H and O–H groups in total. The number of nitrogens with zero attached hydrogens (tertiary/aromatic N) is 4. The zero-order valence-corrected chi connectivity index (χ0v) is 14.8. The molecule has 3 aliphatic heterocycles. The molecule has 0 amide bonds. The summed E-state index contributed by atoms with van der Waals surface area (Å²) in [6.07, 6.45) is -1.54. The number of aliphatic hydroxyl groups excluding tert-OH is 3. The SMILES string of the molecule is CCC1=NC(=N)C2(CC)N=CN([C@@H]3O[C@H](CO)[C@@H](O)[C@H]3O)C2N1CC. The summed E-state index contributed by atoms with van der Waals surface area (Å²) in [5.41, 5.74) is -0.833. The van der Waals surface area contributed by atoms with Crippen LogP contribution in [0.5, 0.6) is 0 Å². The van der Waals surface area contributed by atoms with Crippen molar-refractivity contribution in [2.75, 3.05) is 13.2 Å². The molecular formula is C16H27N5O4. The molecule has 9 nitrogen and oxygen atoms in total. The Morgan fingerprint density at radius 2 is 2.00 bits per heavy atom. The molecule has 0 saturated carbocycles. The predicted molar refractivity (Wildman–Crippen MR) is 92.7 cm³/mol. The number of ether oxygens (including phenoxy) is 1. The minimum Gasteiger partial charge on any atom is -0.394 e. The number of hydrogen-bond acceptors (Lipinski definition) is 8. The summed E-state index contributed by atoms with van der Waals surface area (Å²) in [6, 6.07) is 0. The molecule has 3 rings (SSSR count). The van der Waals surface area contributed by atoms with E-state index in [1.807, 2.05) is 20.8 Å². The van der Waals surface area contributed by atoms with Gasteiger partial charge in [0.25, 0.3) is 0 Å². The van der Waals surface area contributed by atoms with Crippen molar-refractivity contribution in [2.24, 2.45) is 9.98 Å². The average Bonchev–Trinajstić information content (AvgIpc) is 3.14. The molecule has 25 heavy (non-hydrogen) atoms. The van der Waals surface area contributed by atoms with Gasteiger partial charge < -0.3 is 29.9 Å². The number of aliphatic hydroxyl groups is 3. The van der Waals surface area contributed by atoms with Crippen LogP contribution in [-0.4, -0.2) is 92.5 Å². The maximum absolute atomic E-state index is 10.4. The van der Waals surface area contributed by atoms with Crippen LogP contribution in [0.1, 0.15) is 33.6 Å². The summed E-state index contributed by atoms with van der Waals surface area (Å²) < 4.78 is 5.70. The Hall–Kier alpha value is -1.55. The third kappa shape index (κ3) is 2.49. The van der Waals surface area contributed by atoms with Gasteiger partial charge >= 0.3 is 0 Å². The Labute approximate surface area is 147 Å². The Kier molecular flexibility index (Phi) is 4.84. The van der Waals surface area contributed by atoms with Crippen LogP contribution in [0.25, 0.3) is 0 Å². The van der Waals surface area contributed by atoms with Gasteiger partial charge in [0.05, 0.1) is 12.9 Å². The first-order valence-electron chi connectivity index (χ1n) is 8.83. The summed E-state index contributed by atoms with van der Waals surface area (Å²) >= 11 is 0. The van der Waals surface area contributed by atoms with Gasteiger partial charge in [0.15, 0.2) is 17.6 Å². The van der Waals surface area contributed by atoms with Crippen LogP contribution < -0.4 is 0 Å². The Balaban J connectivity index is 2.00. The zero-order valence-electron chi connectivity index (χ0n) is 14.8. The third-order valence-electron chi connectivity index (χ3n) is 5.42. The minimum atomic E-state index is -1.17. The second kappa shape index (κ2) is 6.64. The van der Waals surface area contributed by atoms with Gasteiger partial charge in [-0.2, -0.15) is 0 Å². The lowest BCUT2D eigenvalue weighted by molar-refractivity contribution is -0.0980. The van der Waals surface area contributed by atoms with E-state index in [0.717, 1.165) is 5.84 Å². The molecule has 0 radical (unpaired) electrons. The van der Waals surface area contributed by atoms with E-state index in [2.05, 4.69) is 14.9 Å². The van der Waals surface area contributed by atoms with E-state index in [-0.39, 0.29) is 18.6 Å². The van der Waals surface area contributed by atoms with Crippen LogP contribution in [-0.2, 0) is 4.74 Å². The highest BCUT2D eigenvalue weighted by atomic mass is 16.6. The van der Waals surface area contributed by atoms with Gasteiger partial charge in [-0.05, 0) is 13.3 Å². The van der Waals surface area contributed by atoms with Gasteiger partial charge in [0.1, 0.15) is 30.3 Å². The molecule has 1 saturated heterocycles. The summed E-state index contributed by atoms with van der Waals surface area (Å²) in [6.45, 7) is 6.24. The highest BCUT2D eigenvalue weighted by Gasteiger charge is 2.58. The quantitative estimate of drug-likeness (QED) is 0.521. The van der Waals surface area contributed by atoms with Gasteiger partial charge in [-0.1, -0.05) is 13.8 Å². The van der Waals surface area contributed by atoms with E-state index in [1.165, 1.54) is 0 Å². The van der Waals surface area contributed by atoms with Crippen LogP contribution in [0, 0.1) is 5.41 Å². The molecule has 0 aromatic heterocycles. The largest absolute Gasteiger partial charge is 0.394 e. The molecular weight excluding hydrogens is 326 g/mol. The first-order valence-corrected chi connectivity index (χ1v) is 8.83. The zero-order chi connectivity index (χ0) is 18.4. The van der Waals surface area contributed by atoms with Crippen LogP contribution >= 0.6 is 0 Å². The monoisotopic (exact) mass is 353 g/mol. The van der Waals surface area contributed by atoms with Crippen molar-refractivity contribution in [1.82, 2.24) is 9.80 Å². The number of hydrogen-bond donors (Lipinski definition) is 4. The second-order valence-corrected chi connectivity index (χ2v) is 6.59. The first kappa shape index (κ1) is 18.2. The number of aliphatic imine (C=N–C) groups is 2. The number of amidine groups is 2. The molecule has 0 aromatic carbocycles. The van der Waals surface area contributed by atoms with Gasteiger partial charge in [-0.15, -0.1) is 0 Å². The lowest BCUT2D eigenvalue weighted by Gasteiger charge is -2.48. The Bertz CT molecular complexity index is 597. The summed E-state index contributed by atoms with van der Waals surface area (Å²) in [4.78, 5) is 12.9. The normalized spacial score (nSPS) is 40.6. The third-order valence-corrected chi connectivity index (χ3v) is 5.42. The van der Waals surface area contributed by atoms with E-state index in [0.29, 0.717) is 19.4 Å². The number of fused-ring (bicyclic) bond motifs is 1. The molecule has 0 aliphatic carbocycles. The van der Waals surface area contributed by atoms with Crippen molar-refractivity contribution in [3.8, 4) is 0 Å². The smallest absolute Gasteiger partial charge is 0.162 e. The molecule has 0 aromatic rings. The van der Waals surface area contributed by atoms with Gasteiger partial charge in [0.2, 0.25) is 0 Å². The summed E-state index contributed by atoms with van der Waals surface area (Å²) in [5.74, 6) is 0.996. The first-order chi connectivity index (χ1) is 11.9. The van der Waals surface area contributed by atoms with Crippen molar-refractivity contribution in [1.29, 1.82) is 5.41 Å². The van der Waals surface area contributed by atoms with Crippen molar-refractivity contribution >= 4 is 18.0 Å². The molecule has 2 unspecified atom stereocenters. The second-order valence-electron chi connectivity index (χ2n) is 6.59. The lowest BCUT2D eigenvalue weighted by atomic mass is 9.88. The van der Waals surface area contributed by atoms with Crippen molar-refractivity contribution in [3.63, 3.8) is 0 Å². The molecule has 140 valence electrons. The average molecular weight is 353 g/mol. The van der Waals surface area contributed by atoms with Crippen molar-refractivity contribution < 1.29 is 20.1 Å². The fraction of sp³-hybridized carbons (Fsp3) is 0.812. The molecule has 0 bridgehead atoms. The molecule has 1 fully saturated rings. The number of rotatable bonds is 5. The molecule has 6 atom stereocenters. The van der Waals surface area contributed by atoms with E-state index < -0.39 is 30.1 Å². The number of nitrogens with one attached hydrogen (secondary N) is 1. The van der Waals surface area contributed by atoms with Gasteiger partial charge in [-0.3, -0.25) is 10.4 Å². The minimum absolute atomic E-state index is 0.201. The van der Waals surface area contributed by atoms with Crippen LogP contribution in [0.4, 0.5) is 0 Å². The highest BCUT2D eigenvalue weighted by Crippen LogP contribution is 2.40.